The van der Waals surface area contributed by atoms with Gasteiger partial charge in [-0.25, -0.2) is 0 Å². The Kier molecular flexibility index (Phi) is 4.41. The van der Waals surface area contributed by atoms with Crippen LogP contribution >= 0.6 is 23.2 Å². The van der Waals surface area contributed by atoms with Gasteiger partial charge in [0.15, 0.2) is 0 Å². The highest BCUT2D eigenvalue weighted by molar-refractivity contribution is 6.42. The van der Waals surface area contributed by atoms with E-state index in [-0.39, 0.29) is 10.8 Å². The van der Waals surface area contributed by atoms with Gasteiger partial charge in [0.25, 0.3) is 0 Å². The highest BCUT2D eigenvalue weighted by Gasteiger charge is 2.18. The van der Waals surface area contributed by atoms with Crippen LogP contribution in [0.3, 0.4) is 0 Å². The third kappa shape index (κ3) is 2.78. The van der Waals surface area contributed by atoms with E-state index in [2.05, 4.69) is 5.32 Å². The van der Waals surface area contributed by atoms with Gasteiger partial charge < -0.3 is 15.5 Å². The number of nitrogens with one attached hydrogen (secondary N) is 1. The minimum atomic E-state index is -0.622. The zero-order valence-electron chi connectivity index (χ0n) is 8.50. The fraction of sp³-hybridized carbons (Fsp3) is 0.300. The molecule has 3 N–H and O–H groups in total. The Labute approximate surface area is 103 Å². The molecule has 16 heavy (non-hydrogen) atoms. The molecule has 0 heterocycles. The Bertz CT molecular complexity index is 409. The van der Waals surface area contributed by atoms with E-state index in [4.69, 9.17) is 28.3 Å². The van der Waals surface area contributed by atoms with E-state index in [1.807, 2.05) is 0 Å². The predicted molar refractivity (Wildman–Crippen MR) is 61.8 cm³/mol. The van der Waals surface area contributed by atoms with E-state index in [9.17, 15) is 9.90 Å². The fourth-order valence-electron chi connectivity index (χ4n) is 1.33. The molecule has 0 saturated heterocycles. The van der Waals surface area contributed by atoms with Gasteiger partial charge in [0, 0.05) is 5.56 Å². The summed E-state index contributed by atoms with van der Waals surface area (Å²) in [6.07, 6.45) is 0. The molecule has 0 saturated carbocycles. The number of amides is 1. The summed E-state index contributed by atoms with van der Waals surface area (Å²) in [7, 11) is 0. The molecule has 1 atom stereocenters. The first-order valence-corrected chi connectivity index (χ1v) is 5.30. The molecule has 0 spiro atoms. The summed E-state index contributed by atoms with van der Waals surface area (Å²) >= 11 is 11.7. The fourth-order valence-corrected chi connectivity index (χ4v) is 1.82. The van der Waals surface area contributed by atoms with E-state index in [1.165, 1.54) is 12.1 Å². The van der Waals surface area contributed by atoms with Crippen molar-refractivity contribution in [2.45, 2.75) is 13.0 Å². The van der Waals surface area contributed by atoms with Crippen LogP contribution in [-0.2, 0) is 4.79 Å². The molecular formula is C10H11Cl2NO3. The lowest BCUT2D eigenvalue weighted by atomic mass is 10.1. The van der Waals surface area contributed by atoms with Crippen molar-refractivity contribution in [2.75, 3.05) is 6.61 Å². The maximum absolute atomic E-state index is 11.0. The molecule has 1 rings (SSSR count). The first-order chi connectivity index (χ1) is 7.47. The number of carbonyl (C=O) groups is 1. The summed E-state index contributed by atoms with van der Waals surface area (Å²) in [5.41, 5.74) is 0.330. The van der Waals surface area contributed by atoms with Crippen LogP contribution in [-0.4, -0.2) is 22.7 Å². The third-order valence-corrected chi connectivity index (χ3v) is 2.88. The third-order valence-electron chi connectivity index (χ3n) is 2.06. The van der Waals surface area contributed by atoms with Crippen molar-refractivity contribution in [1.29, 1.82) is 0 Å². The van der Waals surface area contributed by atoms with Crippen LogP contribution in [0.1, 0.15) is 18.5 Å². The van der Waals surface area contributed by atoms with Crippen molar-refractivity contribution < 1.29 is 15.0 Å². The van der Waals surface area contributed by atoms with Gasteiger partial charge in [0.2, 0.25) is 5.91 Å². The predicted octanol–water partition coefficient (Wildman–Crippen LogP) is 1.87. The lowest BCUT2D eigenvalue weighted by Crippen LogP contribution is -2.29. The van der Waals surface area contributed by atoms with Gasteiger partial charge in [-0.1, -0.05) is 23.2 Å². The van der Waals surface area contributed by atoms with Crippen molar-refractivity contribution >= 4 is 29.1 Å². The topological polar surface area (TPSA) is 69.6 Å². The molecule has 88 valence electrons. The minimum absolute atomic E-state index is 0.0554. The van der Waals surface area contributed by atoms with Crippen LogP contribution in [0.2, 0.25) is 10.0 Å². The largest absolute Gasteiger partial charge is 0.508 e. The monoisotopic (exact) mass is 263 g/mol. The smallest absolute Gasteiger partial charge is 0.246 e. The molecule has 0 bridgehead atoms. The summed E-state index contributed by atoms with van der Waals surface area (Å²) in [6, 6.07) is 2.32. The Balaban J connectivity index is 3.03. The van der Waals surface area contributed by atoms with Gasteiger partial charge >= 0.3 is 0 Å². The van der Waals surface area contributed by atoms with E-state index < -0.39 is 18.6 Å². The molecule has 4 nitrogen and oxygen atoms in total. The van der Waals surface area contributed by atoms with E-state index in [1.54, 1.807) is 6.92 Å². The SMILES string of the molecule is CC(NC(=O)CO)c1c(O)ccc(Cl)c1Cl. The summed E-state index contributed by atoms with van der Waals surface area (Å²) < 4.78 is 0. The Morgan fingerprint density at radius 1 is 1.50 bits per heavy atom. The van der Waals surface area contributed by atoms with Gasteiger partial charge in [-0.2, -0.15) is 0 Å². The van der Waals surface area contributed by atoms with E-state index in [0.29, 0.717) is 10.6 Å². The van der Waals surface area contributed by atoms with Crippen LogP contribution < -0.4 is 5.32 Å². The van der Waals surface area contributed by atoms with Crippen LogP contribution in [0.4, 0.5) is 0 Å². The number of phenols is 1. The number of aliphatic hydroxyl groups excluding tert-OH is 1. The van der Waals surface area contributed by atoms with Gasteiger partial charge in [-0.05, 0) is 19.1 Å². The van der Waals surface area contributed by atoms with E-state index in [0.717, 1.165) is 0 Å². The number of aromatic hydroxyl groups is 1. The molecule has 0 aliphatic heterocycles. The first-order valence-electron chi connectivity index (χ1n) is 4.54. The molecule has 0 aromatic heterocycles. The molecular weight excluding hydrogens is 253 g/mol. The second-order valence-electron chi connectivity index (χ2n) is 3.24. The highest BCUT2D eigenvalue weighted by Crippen LogP contribution is 2.36. The van der Waals surface area contributed by atoms with Crippen molar-refractivity contribution in [3.05, 3.63) is 27.7 Å². The lowest BCUT2D eigenvalue weighted by molar-refractivity contribution is -0.124. The van der Waals surface area contributed by atoms with Gasteiger partial charge in [-0.3, -0.25) is 4.79 Å². The standard InChI is InChI=1S/C10H11Cl2NO3/c1-5(13-8(16)4-14)9-7(15)3-2-6(11)10(9)12/h2-3,5,14-15H,4H2,1H3,(H,13,16). The average Bonchev–Trinajstić information content (AvgIpc) is 2.24. The normalized spacial score (nSPS) is 12.2. The first kappa shape index (κ1) is 13.1. The average molecular weight is 264 g/mol. The maximum atomic E-state index is 11.0. The number of rotatable bonds is 3. The Morgan fingerprint density at radius 3 is 2.69 bits per heavy atom. The lowest BCUT2D eigenvalue weighted by Gasteiger charge is -2.17. The Morgan fingerprint density at radius 2 is 2.12 bits per heavy atom. The zero-order valence-corrected chi connectivity index (χ0v) is 10.0. The summed E-state index contributed by atoms with van der Waals surface area (Å²) in [5.74, 6) is -0.608. The Hall–Kier alpha value is -0.970. The van der Waals surface area contributed by atoms with Crippen LogP contribution in [0.5, 0.6) is 5.75 Å². The molecule has 1 aromatic carbocycles. The van der Waals surface area contributed by atoms with Crippen LogP contribution in [0.25, 0.3) is 0 Å². The van der Waals surface area contributed by atoms with Crippen LogP contribution in [0, 0.1) is 0 Å². The van der Waals surface area contributed by atoms with Gasteiger partial charge in [0.1, 0.15) is 12.4 Å². The summed E-state index contributed by atoms with van der Waals surface area (Å²) in [6.45, 7) is 1.01. The number of carbonyl (C=O) groups excluding carboxylic acids is 1. The maximum Gasteiger partial charge on any atom is 0.246 e. The second kappa shape index (κ2) is 5.39. The number of hydrogen-bond acceptors (Lipinski definition) is 3. The molecule has 0 fully saturated rings. The minimum Gasteiger partial charge on any atom is -0.508 e. The molecule has 0 aliphatic carbocycles. The zero-order chi connectivity index (χ0) is 12.3. The molecule has 0 aliphatic rings. The molecule has 1 unspecified atom stereocenters. The van der Waals surface area contributed by atoms with Gasteiger partial charge in [-0.15, -0.1) is 0 Å². The van der Waals surface area contributed by atoms with Crippen molar-refractivity contribution in [3.8, 4) is 5.75 Å². The number of benzene rings is 1. The molecule has 1 amide bonds. The molecule has 0 radical (unpaired) electrons. The molecule has 6 heteroatoms. The number of phenolic OH excluding ortho intramolecular Hbond substituents is 1. The van der Waals surface area contributed by atoms with E-state index >= 15 is 0 Å². The van der Waals surface area contributed by atoms with Crippen LogP contribution in [0.15, 0.2) is 12.1 Å². The quantitative estimate of drug-likeness (QED) is 0.780. The number of hydrogen-bond donors (Lipinski definition) is 3. The summed E-state index contributed by atoms with van der Waals surface area (Å²) in [5, 5.41) is 21.1. The molecule has 1 aromatic rings. The van der Waals surface area contributed by atoms with Crippen molar-refractivity contribution in [2.24, 2.45) is 0 Å². The summed E-state index contributed by atoms with van der Waals surface area (Å²) in [4.78, 5) is 11.0. The second-order valence-corrected chi connectivity index (χ2v) is 4.03. The number of halogens is 2. The van der Waals surface area contributed by atoms with Crippen molar-refractivity contribution in [1.82, 2.24) is 5.32 Å². The highest BCUT2D eigenvalue weighted by atomic mass is 35.5. The van der Waals surface area contributed by atoms with Gasteiger partial charge in [0.05, 0.1) is 16.1 Å². The number of aliphatic hydroxyl groups is 1. The van der Waals surface area contributed by atoms with Crippen molar-refractivity contribution in [3.63, 3.8) is 0 Å².